The molecule has 0 radical (unpaired) electrons. The molecule has 1 fully saturated rings. The van der Waals surface area contributed by atoms with Crippen molar-refractivity contribution in [3.8, 4) is 0 Å². The largest absolute Gasteiger partial charge is 0.348 e. The van der Waals surface area contributed by atoms with E-state index >= 15 is 0 Å². The Bertz CT molecular complexity index is 1490. The Morgan fingerprint density at radius 3 is 2.54 bits per heavy atom. The van der Waals surface area contributed by atoms with Crippen LogP contribution in [0.5, 0.6) is 0 Å². The van der Waals surface area contributed by atoms with E-state index in [0.717, 1.165) is 41.0 Å². The molecule has 35 heavy (non-hydrogen) atoms. The Labute approximate surface area is 209 Å². The number of aromatic nitrogens is 3. The maximum absolute atomic E-state index is 12.8. The van der Waals surface area contributed by atoms with Gasteiger partial charge < -0.3 is 9.88 Å². The molecular weight excluding hydrogens is 484 g/mol. The van der Waals surface area contributed by atoms with Gasteiger partial charge in [0.15, 0.2) is 9.84 Å². The molecule has 1 aliphatic carbocycles. The fourth-order valence-electron chi connectivity index (χ4n) is 4.09. The number of halogens is 1. The minimum absolute atomic E-state index is 0.0555. The van der Waals surface area contributed by atoms with E-state index in [-0.39, 0.29) is 16.6 Å². The van der Waals surface area contributed by atoms with Gasteiger partial charge >= 0.3 is 0 Å². The van der Waals surface area contributed by atoms with Crippen molar-refractivity contribution in [2.75, 3.05) is 5.75 Å². The average Bonchev–Trinajstić information content (AvgIpc) is 3.64. The molecule has 2 aromatic heterocycles. The zero-order chi connectivity index (χ0) is 24.6. The zero-order valence-corrected chi connectivity index (χ0v) is 20.8. The molecule has 0 unspecified atom stereocenters. The van der Waals surface area contributed by atoms with Crippen molar-refractivity contribution in [1.82, 2.24) is 19.9 Å². The van der Waals surface area contributed by atoms with Gasteiger partial charge in [0.25, 0.3) is 5.91 Å². The maximum atomic E-state index is 12.8. The number of nitrogens with zero attached hydrogens (tertiary/aromatic N) is 3. The van der Waals surface area contributed by atoms with Crippen LogP contribution in [0.2, 0.25) is 5.02 Å². The molecule has 0 spiro atoms. The SMILES string of the molecule is CCS(=O)(=O)c1ccc(CNC(=O)c2ccc3c(c2)nc(Cc2ccc(Cl)cn2)n3C2CC2)cc1. The van der Waals surface area contributed by atoms with Crippen molar-refractivity contribution in [2.24, 2.45) is 0 Å². The Balaban J connectivity index is 1.33. The zero-order valence-electron chi connectivity index (χ0n) is 19.2. The summed E-state index contributed by atoms with van der Waals surface area (Å²) >= 11 is 5.97. The first-order chi connectivity index (χ1) is 16.8. The quantitative estimate of drug-likeness (QED) is 0.371. The minimum Gasteiger partial charge on any atom is -0.348 e. The number of carbonyl (C=O) groups is 1. The molecule has 2 aromatic carbocycles. The van der Waals surface area contributed by atoms with Crippen molar-refractivity contribution < 1.29 is 13.2 Å². The van der Waals surface area contributed by atoms with E-state index in [1.807, 2.05) is 30.3 Å². The van der Waals surface area contributed by atoms with Gasteiger partial charge in [-0.05, 0) is 60.9 Å². The Morgan fingerprint density at radius 1 is 1.11 bits per heavy atom. The number of amides is 1. The highest BCUT2D eigenvalue weighted by Crippen LogP contribution is 2.39. The molecule has 1 aliphatic rings. The number of imidazole rings is 1. The normalized spacial score (nSPS) is 13.8. The van der Waals surface area contributed by atoms with Crippen molar-refractivity contribution in [2.45, 2.75) is 43.7 Å². The summed E-state index contributed by atoms with van der Waals surface area (Å²) in [5.74, 6) is 0.774. The molecule has 5 rings (SSSR count). The highest BCUT2D eigenvalue weighted by Gasteiger charge is 2.28. The van der Waals surface area contributed by atoms with Crippen LogP contribution in [0, 0.1) is 0 Å². The van der Waals surface area contributed by atoms with E-state index in [1.165, 1.54) is 0 Å². The van der Waals surface area contributed by atoms with Crippen molar-refractivity contribution in [3.05, 3.63) is 88.5 Å². The monoisotopic (exact) mass is 508 g/mol. The van der Waals surface area contributed by atoms with Crippen molar-refractivity contribution >= 4 is 38.4 Å². The first-order valence-electron chi connectivity index (χ1n) is 11.6. The molecule has 0 aliphatic heterocycles. The summed E-state index contributed by atoms with van der Waals surface area (Å²) in [5, 5.41) is 3.51. The fourth-order valence-corrected chi connectivity index (χ4v) is 5.09. The van der Waals surface area contributed by atoms with Crippen LogP contribution in [0.1, 0.15) is 53.2 Å². The summed E-state index contributed by atoms with van der Waals surface area (Å²) in [6.07, 6.45) is 4.47. The summed E-state index contributed by atoms with van der Waals surface area (Å²) in [7, 11) is -3.24. The lowest BCUT2D eigenvalue weighted by Crippen LogP contribution is -2.22. The Kier molecular flexibility index (Phi) is 6.34. The van der Waals surface area contributed by atoms with E-state index < -0.39 is 9.84 Å². The smallest absolute Gasteiger partial charge is 0.251 e. The number of pyridine rings is 1. The van der Waals surface area contributed by atoms with Crippen LogP contribution in [0.3, 0.4) is 0 Å². The summed E-state index contributed by atoms with van der Waals surface area (Å²) < 4.78 is 26.2. The summed E-state index contributed by atoms with van der Waals surface area (Å²) in [6.45, 7) is 1.92. The van der Waals surface area contributed by atoms with Gasteiger partial charge in [0.05, 0.1) is 26.7 Å². The van der Waals surface area contributed by atoms with Gasteiger partial charge in [0.1, 0.15) is 5.82 Å². The van der Waals surface area contributed by atoms with Crippen LogP contribution >= 0.6 is 11.6 Å². The van der Waals surface area contributed by atoms with Crippen molar-refractivity contribution in [3.63, 3.8) is 0 Å². The van der Waals surface area contributed by atoms with Gasteiger partial charge in [-0.3, -0.25) is 9.78 Å². The summed E-state index contributed by atoms with van der Waals surface area (Å²) in [5.41, 5.74) is 4.04. The molecule has 0 bridgehead atoms. The topological polar surface area (TPSA) is 93.9 Å². The van der Waals surface area contributed by atoms with Crippen LogP contribution in [0.4, 0.5) is 0 Å². The number of carbonyl (C=O) groups excluding carboxylic acids is 1. The van der Waals surface area contributed by atoms with E-state index in [0.29, 0.717) is 29.6 Å². The molecule has 1 N–H and O–H groups in total. The van der Waals surface area contributed by atoms with E-state index in [2.05, 4.69) is 14.9 Å². The van der Waals surface area contributed by atoms with Gasteiger partial charge in [0.2, 0.25) is 0 Å². The minimum atomic E-state index is -3.24. The molecule has 2 heterocycles. The molecule has 0 atom stereocenters. The van der Waals surface area contributed by atoms with Crippen LogP contribution < -0.4 is 5.32 Å². The summed E-state index contributed by atoms with van der Waals surface area (Å²) in [4.78, 5) is 22.4. The predicted octanol–water partition coefficient (Wildman–Crippen LogP) is 4.73. The Morgan fingerprint density at radius 2 is 1.89 bits per heavy atom. The number of nitrogens with one attached hydrogen (secondary N) is 1. The highest BCUT2D eigenvalue weighted by atomic mass is 35.5. The molecule has 4 aromatic rings. The second-order valence-electron chi connectivity index (χ2n) is 8.71. The number of sulfone groups is 1. The third-order valence-corrected chi connectivity index (χ3v) is 8.15. The van der Waals surface area contributed by atoms with E-state index in [9.17, 15) is 13.2 Å². The summed E-state index contributed by atoms with van der Waals surface area (Å²) in [6, 6.07) is 16.4. The van der Waals surface area contributed by atoms with Crippen LogP contribution in [0.15, 0.2) is 65.7 Å². The number of fused-ring (bicyclic) bond motifs is 1. The highest BCUT2D eigenvalue weighted by molar-refractivity contribution is 7.91. The standard InChI is InChI=1S/C26H25ClN4O3S/c1-2-35(33,34)22-10-3-17(4-11-22)15-29-26(32)18-5-12-24-23(13-18)30-25(31(24)21-8-9-21)14-20-7-6-19(27)16-28-20/h3-7,10-13,16,21H,2,8-9,14-15H2,1H3,(H,29,32). The van der Waals surface area contributed by atoms with Gasteiger partial charge in [-0.1, -0.05) is 30.7 Å². The van der Waals surface area contributed by atoms with Gasteiger partial charge in [-0.25, -0.2) is 13.4 Å². The number of benzene rings is 2. The number of hydrogen-bond donors (Lipinski definition) is 1. The lowest BCUT2D eigenvalue weighted by Gasteiger charge is -2.08. The predicted molar refractivity (Wildman–Crippen MR) is 135 cm³/mol. The first kappa shape index (κ1) is 23.5. The molecule has 1 saturated carbocycles. The van der Waals surface area contributed by atoms with Gasteiger partial charge in [-0.15, -0.1) is 0 Å². The maximum Gasteiger partial charge on any atom is 0.251 e. The molecule has 0 saturated heterocycles. The first-order valence-corrected chi connectivity index (χ1v) is 13.6. The second kappa shape index (κ2) is 9.43. The molecule has 9 heteroatoms. The molecule has 1 amide bonds. The lowest BCUT2D eigenvalue weighted by atomic mass is 10.1. The Hall–Kier alpha value is -3.23. The molecule has 7 nitrogen and oxygen atoms in total. The third kappa shape index (κ3) is 5.09. The fraction of sp³-hybridized carbons (Fsp3) is 0.269. The van der Waals surface area contributed by atoms with Gasteiger partial charge in [-0.2, -0.15) is 0 Å². The number of rotatable bonds is 8. The van der Waals surface area contributed by atoms with E-state index in [1.54, 1.807) is 37.4 Å². The third-order valence-electron chi connectivity index (χ3n) is 6.18. The number of hydrogen-bond acceptors (Lipinski definition) is 5. The van der Waals surface area contributed by atoms with Crippen LogP contribution in [-0.2, 0) is 22.8 Å². The lowest BCUT2D eigenvalue weighted by molar-refractivity contribution is 0.0951. The second-order valence-corrected chi connectivity index (χ2v) is 11.4. The van der Waals surface area contributed by atoms with Crippen LogP contribution in [-0.4, -0.2) is 34.6 Å². The van der Waals surface area contributed by atoms with Gasteiger partial charge in [0, 0.05) is 36.5 Å². The molecule has 180 valence electrons. The van der Waals surface area contributed by atoms with E-state index in [4.69, 9.17) is 16.6 Å². The van der Waals surface area contributed by atoms with Crippen LogP contribution in [0.25, 0.3) is 11.0 Å². The average molecular weight is 509 g/mol. The molecular formula is C26H25ClN4O3S. The van der Waals surface area contributed by atoms with Crippen molar-refractivity contribution in [1.29, 1.82) is 0 Å².